The van der Waals surface area contributed by atoms with E-state index in [0.717, 1.165) is 17.1 Å². The normalized spacial score (nSPS) is 10.4. The Morgan fingerprint density at radius 2 is 2.06 bits per heavy atom. The molecule has 18 heavy (non-hydrogen) atoms. The van der Waals surface area contributed by atoms with Gasteiger partial charge in [0, 0.05) is 43.7 Å². The quantitative estimate of drug-likeness (QED) is 0.855. The fourth-order valence-corrected chi connectivity index (χ4v) is 1.64. The fraction of sp³-hybridized carbons (Fsp3) is 0.417. The first-order valence-corrected chi connectivity index (χ1v) is 5.84. The molecule has 0 aliphatic carbocycles. The summed E-state index contributed by atoms with van der Waals surface area (Å²) in [7, 11) is 3.74. The monoisotopic (exact) mass is 246 g/mol. The first-order valence-electron chi connectivity index (χ1n) is 5.84. The van der Waals surface area contributed by atoms with Crippen molar-refractivity contribution in [1.82, 2.24) is 19.7 Å². The average molecular weight is 246 g/mol. The Balaban J connectivity index is 2.12. The second kappa shape index (κ2) is 5.03. The lowest BCUT2D eigenvalue weighted by Crippen LogP contribution is -2.07. The van der Waals surface area contributed by atoms with Crippen molar-refractivity contribution < 1.29 is 0 Å². The molecule has 2 N–H and O–H groups in total. The molecule has 0 radical (unpaired) electrons. The van der Waals surface area contributed by atoms with Crippen molar-refractivity contribution in [1.29, 1.82) is 0 Å². The molecule has 0 aliphatic heterocycles. The molecule has 0 amide bonds. The maximum atomic E-state index is 4.38. The van der Waals surface area contributed by atoms with Gasteiger partial charge >= 0.3 is 0 Å². The summed E-state index contributed by atoms with van der Waals surface area (Å²) >= 11 is 0. The zero-order chi connectivity index (χ0) is 13.1. The van der Waals surface area contributed by atoms with Crippen LogP contribution in [0.15, 0.2) is 12.4 Å². The number of hydrogen-bond acceptors (Lipinski definition) is 5. The Bertz CT molecular complexity index is 545. The number of nitrogens with one attached hydrogen (secondary N) is 2. The molecule has 0 spiro atoms. The van der Waals surface area contributed by atoms with E-state index in [9.17, 15) is 0 Å². The summed E-state index contributed by atoms with van der Waals surface area (Å²) in [5, 5.41) is 10.5. The number of hydrogen-bond donors (Lipinski definition) is 2. The number of rotatable bonds is 4. The van der Waals surface area contributed by atoms with Crippen LogP contribution in [0.4, 0.5) is 11.8 Å². The van der Waals surface area contributed by atoms with Crippen molar-refractivity contribution in [3.8, 4) is 0 Å². The lowest BCUT2D eigenvalue weighted by molar-refractivity contribution is 0.738. The molecule has 2 aromatic rings. The van der Waals surface area contributed by atoms with Crippen LogP contribution in [-0.4, -0.2) is 26.8 Å². The highest BCUT2D eigenvalue weighted by Crippen LogP contribution is 2.14. The van der Waals surface area contributed by atoms with Gasteiger partial charge in [0.15, 0.2) is 0 Å². The zero-order valence-electron chi connectivity index (χ0n) is 11.2. The molecule has 0 fully saturated rings. The van der Waals surface area contributed by atoms with Crippen molar-refractivity contribution in [3.05, 3.63) is 29.2 Å². The fourth-order valence-electron chi connectivity index (χ4n) is 1.64. The van der Waals surface area contributed by atoms with Gasteiger partial charge in [-0.15, -0.1) is 0 Å². The second-order valence-electron chi connectivity index (χ2n) is 4.21. The molecule has 0 atom stereocenters. The molecule has 0 aromatic carbocycles. The molecule has 2 aromatic heterocycles. The van der Waals surface area contributed by atoms with Crippen LogP contribution in [0, 0.1) is 13.8 Å². The van der Waals surface area contributed by atoms with Crippen LogP contribution in [0.3, 0.4) is 0 Å². The van der Waals surface area contributed by atoms with Crippen LogP contribution in [-0.2, 0) is 13.6 Å². The lowest BCUT2D eigenvalue weighted by Gasteiger charge is -2.09. The summed E-state index contributed by atoms with van der Waals surface area (Å²) in [6.07, 6.45) is 3.68. The van der Waals surface area contributed by atoms with E-state index in [2.05, 4.69) is 32.6 Å². The van der Waals surface area contributed by atoms with E-state index in [-0.39, 0.29) is 0 Å². The Morgan fingerprint density at radius 1 is 1.28 bits per heavy atom. The largest absolute Gasteiger partial charge is 0.365 e. The average Bonchev–Trinajstić information content (AvgIpc) is 2.69. The van der Waals surface area contributed by atoms with Crippen molar-refractivity contribution >= 4 is 11.8 Å². The van der Waals surface area contributed by atoms with E-state index in [4.69, 9.17) is 0 Å². The lowest BCUT2D eigenvalue weighted by atomic mass is 10.2. The standard InChI is InChI=1S/C12H18N6/c1-8-5-15-12(13-3)17-11(8)14-6-10-7-16-18(4)9(10)2/h5,7H,6H2,1-4H3,(H2,13,14,15,17). The molecular formula is C12H18N6. The van der Waals surface area contributed by atoms with Crippen LogP contribution in [0.25, 0.3) is 0 Å². The van der Waals surface area contributed by atoms with Gasteiger partial charge in [-0.2, -0.15) is 10.1 Å². The highest BCUT2D eigenvalue weighted by Gasteiger charge is 2.06. The van der Waals surface area contributed by atoms with Crippen LogP contribution >= 0.6 is 0 Å². The second-order valence-corrected chi connectivity index (χ2v) is 4.21. The molecule has 6 nitrogen and oxygen atoms in total. The molecule has 0 saturated carbocycles. The summed E-state index contributed by atoms with van der Waals surface area (Å²) in [5.74, 6) is 1.46. The molecular weight excluding hydrogens is 228 g/mol. The predicted molar refractivity (Wildman–Crippen MR) is 71.6 cm³/mol. The third-order valence-corrected chi connectivity index (χ3v) is 2.98. The van der Waals surface area contributed by atoms with E-state index in [0.29, 0.717) is 12.5 Å². The van der Waals surface area contributed by atoms with Gasteiger partial charge < -0.3 is 10.6 Å². The van der Waals surface area contributed by atoms with Crippen molar-refractivity contribution in [2.24, 2.45) is 7.05 Å². The molecule has 2 rings (SSSR count). The van der Waals surface area contributed by atoms with Crippen LogP contribution in [0.1, 0.15) is 16.8 Å². The van der Waals surface area contributed by atoms with Crippen molar-refractivity contribution in [2.45, 2.75) is 20.4 Å². The first kappa shape index (κ1) is 12.3. The molecule has 0 aliphatic rings. The van der Waals surface area contributed by atoms with Crippen molar-refractivity contribution in [3.63, 3.8) is 0 Å². The van der Waals surface area contributed by atoms with E-state index in [1.165, 1.54) is 5.56 Å². The molecule has 0 saturated heterocycles. The van der Waals surface area contributed by atoms with Gasteiger partial charge in [0.25, 0.3) is 0 Å². The van der Waals surface area contributed by atoms with Gasteiger partial charge in [-0.05, 0) is 13.8 Å². The Hall–Kier alpha value is -2.11. The highest BCUT2D eigenvalue weighted by molar-refractivity contribution is 5.46. The minimum Gasteiger partial charge on any atom is -0.365 e. The Morgan fingerprint density at radius 3 is 2.67 bits per heavy atom. The van der Waals surface area contributed by atoms with E-state index in [1.54, 1.807) is 13.2 Å². The van der Waals surface area contributed by atoms with E-state index >= 15 is 0 Å². The maximum absolute atomic E-state index is 4.38. The Kier molecular flexibility index (Phi) is 3.45. The maximum Gasteiger partial charge on any atom is 0.224 e. The van der Waals surface area contributed by atoms with Gasteiger partial charge in [0.05, 0.1) is 6.20 Å². The summed E-state index contributed by atoms with van der Waals surface area (Å²) in [5.41, 5.74) is 3.35. The number of aromatic nitrogens is 4. The van der Waals surface area contributed by atoms with Gasteiger partial charge in [0.1, 0.15) is 5.82 Å². The summed E-state index contributed by atoms with van der Waals surface area (Å²) < 4.78 is 1.86. The Labute approximate surface area is 106 Å². The summed E-state index contributed by atoms with van der Waals surface area (Å²) in [6.45, 7) is 4.74. The summed E-state index contributed by atoms with van der Waals surface area (Å²) in [4.78, 5) is 8.54. The summed E-state index contributed by atoms with van der Waals surface area (Å²) in [6, 6.07) is 0. The van der Waals surface area contributed by atoms with Crippen LogP contribution in [0.2, 0.25) is 0 Å². The van der Waals surface area contributed by atoms with Crippen molar-refractivity contribution in [2.75, 3.05) is 17.7 Å². The SMILES string of the molecule is CNc1ncc(C)c(NCc2cnn(C)c2C)n1. The number of nitrogens with zero attached hydrogens (tertiary/aromatic N) is 4. The van der Waals surface area contributed by atoms with Gasteiger partial charge in [-0.25, -0.2) is 4.98 Å². The minimum atomic E-state index is 0.617. The smallest absolute Gasteiger partial charge is 0.224 e. The first-order chi connectivity index (χ1) is 8.61. The molecule has 6 heteroatoms. The minimum absolute atomic E-state index is 0.617. The highest BCUT2D eigenvalue weighted by atomic mass is 15.3. The third kappa shape index (κ3) is 2.42. The third-order valence-electron chi connectivity index (χ3n) is 2.98. The zero-order valence-corrected chi connectivity index (χ0v) is 11.2. The van der Waals surface area contributed by atoms with Gasteiger partial charge in [-0.3, -0.25) is 4.68 Å². The topological polar surface area (TPSA) is 67.7 Å². The molecule has 2 heterocycles. The predicted octanol–water partition coefficient (Wildman–Crippen LogP) is 1.48. The van der Waals surface area contributed by atoms with E-state index in [1.807, 2.05) is 24.9 Å². The van der Waals surface area contributed by atoms with Gasteiger partial charge in [-0.1, -0.05) is 0 Å². The number of anilines is 2. The van der Waals surface area contributed by atoms with Gasteiger partial charge in [0.2, 0.25) is 5.95 Å². The van der Waals surface area contributed by atoms with E-state index < -0.39 is 0 Å². The number of aryl methyl sites for hydroxylation is 2. The van der Waals surface area contributed by atoms with Crippen LogP contribution < -0.4 is 10.6 Å². The molecule has 96 valence electrons. The van der Waals surface area contributed by atoms with Crippen LogP contribution in [0.5, 0.6) is 0 Å². The molecule has 0 bridgehead atoms. The molecule has 0 unspecified atom stereocenters.